The van der Waals surface area contributed by atoms with Crippen molar-refractivity contribution >= 4 is 15.7 Å². The Morgan fingerprint density at radius 2 is 2.11 bits per heavy atom. The van der Waals surface area contributed by atoms with E-state index in [0.29, 0.717) is 19.5 Å². The third-order valence-corrected chi connectivity index (χ3v) is 6.69. The molecule has 0 atom stereocenters. The van der Waals surface area contributed by atoms with Gasteiger partial charge in [0.05, 0.1) is 10.5 Å². The normalized spacial score (nSPS) is 25.8. The van der Waals surface area contributed by atoms with Gasteiger partial charge in [0.2, 0.25) is 5.91 Å². The van der Waals surface area contributed by atoms with Crippen molar-refractivity contribution in [2.24, 2.45) is 0 Å². The Kier molecular flexibility index (Phi) is 4.04. The van der Waals surface area contributed by atoms with Gasteiger partial charge in [0.1, 0.15) is 0 Å². The number of hydrogen-bond donors (Lipinski definition) is 0. The van der Waals surface area contributed by atoms with Crippen LogP contribution in [0.5, 0.6) is 0 Å². The number of sulfone groups is 1. The van der Waals surface area contributed by atoms with Crippen LogP contribution >= 0.6 is 0 Å². The van der Waals surface area contributed by atoms with Crippen LogP contribution in [0, 0.1) is 0 Å². The summed E-state index contributed by atoms with van der Waals surface area (Å²) in [4.78, 5) is 14.0. The first-order valence-electron chi connectivity index (χ1n) is 7.00. The lowest BCUT2D eigenvalue weighted by molar-refractivity contribution is -0.130. The third-order valence-electron chi connectivity index (χ3n) is 4.16. The first-order chi connectivity index (χ1) is 8.82. The van der Waals surface area contributed by atoms with E-state index in [1.165, 1.54) is 18.4 Å². The van der Waals surface area contributed by atoms with Crippen LogP contribution in [-0.2, 0) is 14.6 Å². The Hall–Kier alpha value is -0.840. The van der Waals surface area contributed by atoms with Gasteiger partial charge in [0.15, 0.2) is 9.84 Å². The molecular weight excluding hydrogens is 262 g/mol. The molecule has 1 fully saturated rings. The van der Waals surface area contributed by atoms with Crippen LogP contribution in [0.25, 0.3) is 0 Å². The zero-order chi connectivity index (χ0) is 14.1. The van der Waals surface area contributed by atoms with E-state index in [2.05, 4.69) is 6.08 Å². The fourth-order valence-corrected chi connectivity index (χ4v) is 4.09. The highest BCUT2D eigenvalue weighted by molar-refractivity contribution is 7.92. The summed E-state index contributed by atoms with van der Waals surface area (Å²) in [5, 5.41) is 0. The minimum atomic E-state index is -3.07. The number of allylic oxidation sites excluding steroid dienone is 1. The summed E-state index contributed by atoms with van der Waals surface area (Å²) in [6.07, 6.45) is 7.11. The maximum Gasteiger partial charge on any atom is 0.226 e. The van der Waals surface area contributed by atoms with Crippen molar-refractivity contribution in [3.05, 3.63) is 11.6 Å². The number of nitrogens with zero attached hydrogens (tertiary/aromatic N) is 1. The molecule has 4 nitrogen and oxygen atoms in total. The van der Waals surface area contributed by atoms with Crippen LogP contribution in [-0.4, -0.2) is 42.8 Å². The Morgan fingerprint density at radius 3 is 2.68 bits per heavy atom. The second-order valence-electron chi connectivity index (χ2n) is 6.18. The highest BCUT2D eigenvalue weighted by Crippen LogP contribution is 2.26. The van der Waals surface area contributed by atoms with Gasteiger partial charge in [0, 0.05) is 19.5 Å². The van der Waals surface area contributed by atoms with Crippen LogP contribution in [0.1, 0.15) is 46.0 Å². The largest absolute Gasteiger partial charge is 0.340 e. The second kappa shape index (κ2) is 5.27. The van der Waals surface area contributed by atoms with Gasteiger partial charge in [-0.3, -0.25) is 4.79 Å². The zero-order valence-corrected chi connectivity index (χ0v) is 12.6. The molecule has 0 spiro atoms. The molecule has 1 aliphatic heterocycles. The van der Waals surface area contributed by atoms with Gasteiger partial charge in [0.25, 0.3) is 0 Å². The Labute approximate surface area is 115 Å². The molecule has 1 aliphatic carbocycles. The minimum Gasteiger partial charge on any atom is -0.340 e. The molecule has 1 saturated heterocycles. The number of hydrogen-bond acceptors (Lipinski definition) is 3. The van der Waals surface area contributed by atoms with Crippen LogP contribution in [0.3, 0.4) is 0 Å². The van der Waals surface area contributed by atoms with Crippen LogP contribution in [0.4, 0.5) is 0 Å². The monoisotopic (exact) mass is 285 g/mol. The topological polar surface area (TPSA) is 54.5 Å². The molecule has 0 saturated carbocycles. The van der Waals surface area contributed by atoms with Crippen molar-refractivity contribution in [2.45, 2.75) is 50.7 Å². The second-order valence-corrected chi connectivity index (χ2v) is 8.92. The average Bonchev–Trinajstić information content (AvgIpc) is 2.34. The van der Waals surface area contributed by atoms with E-state index < -0.39 is 14.6 Å². The fourth-order valence-electron chi connectivity index (χ4n) is 2.73. The van der Waals surface area contributed by atoms with Crippen molar-refractivity contribution in [3.8, 4) is 0 Å². The summed E-state index contributed by atoms with van der Waals surface area (Å²) in [5.41, 5.74) is 1.22. The molecule has 19 heavy (non-hydrogen) atoms. The maximum atomic E-state index is 12.3. The fraction of sp³-hybridized carbons (Fsp3) is 0.786. The van der Waals surface area contributed by atoms with Crippen molar-refractivity contribution < 1.29 is 13.2 Å². The predicted molar refractivity (Wildman–Crippen MR) is 75.6 cm³/mol. The van der Waals surface area contributed by atoms with Crippen LogP contribution in [0.2, 0.25) is 0 Å². The van der Waals surface area contributed by atoms with Crippen molar-refractivity contribution in [3.63, 3.8) is 0 Å². The summed E-state index contributed by atoms with van der Waals surface area (Å²) in [7, 11) is -3.07. The van der Waals surface area contributed by atoms with Crippen LogP contribution < -0.4 is 0 Å². The number of carbonyl (C=O) groups excluding carboxylic acids is 1. The van der Waals surface area contributed by atoms with E-state index in [1.807, 2.05) is 0 Å². The first kappa shape index (κ1) is 14.6. The summed E-state index contributed by atoms with van der Waals surface area (Å²) in [5.74, 6) is 0.168. The predicted octanol–water partition coefficient (Wildman–Crippen LogP) is 1.91. The molecule has 0 aromatic heterocycles. The molecule has 0 unspecified atom stereocenters. The summed E-state index contributed by atoms with van der Waals surface area (Å²) < 4.78 is 23.0. The van der Waals surface area contributed by atoms with E-state index in [1.54, 1.807) is 18.7 Å². The van der Waals surface area contributed by atoms with Crippen molar-refractivity contribution in [1.29, 1.82) is 0 Å². The molecule has 1 amide bonds. The maximum absolute atomic E-state index is 12.3. The Morgan fingerprint density at radius 1 is 1.37 bits per heavy atom. The molecule has 5 heteroatoms. The summed E-state index contributed by atoms with van der Waals surface area (Å²) in [6, 6.07) is 0. The molecule has 0 aromatic carbocycles. The van der Waals surface area contributed by atoms with Crippen LogP contribution in [0.15, 0.2) is 11.6 Å². The quantitative estimate of drug-likeness (QED) is 0.728. The highest BCUT2D eigenvalue weighted by Gasteiger charge is 2.41. The molecule has 0 N–H and O–H groups in total. The van der Waals surface area contributed by atoms with Gasteiger partial charge in [-0.05, 0) is 39.5 Å². The molecule has 0 bridgehead atoms. The van der Waals surface area contributed by atoms with Crippen molar-refractivity contribution in [1.82, 2.24) is 4.90 Å². The van der Waals surface area contributed by atoms with Gasteiger partial charge in [-0.2, -0.15) is 0 Å². The van der Waals surface area contributed by atoms with Gasteiger partial charge >= 0.3 is 0 Å². The lowest BCUT2D eigenvalue weighted by atomic mass is 9.96. The standard InChI is InChI=1S/C14H23NO3S/c1-14(2)11-15(8-9-19(14,17)18)13(16)10-12-6-4-3-5-7-12/h6H,3-5,7-11H2,1-2H3. The van der Waals surface area contributed by atoms with Gasteiger partial charge in [-0.25, -0.2) is 8.42 Å². The molecular formula is C14H23NO3S. The number of amides is 1. The molecule has 2 aliphatic rings. The van der Waals surface area contributed by atoms with Crippen molar-refractivity contribution in [2.75, 3.05) is 18.8 Å². The lowest BCUT2D eigenvalue weighted by Gasteiger charge is -2.37. The van der Waals surface area contributed by atoms with E-state index in [9.17, 15) is 13.2 Å². The molecule has 0 radical (unpaired) electrons. The SMILES string of the molecule is CC1(C)CN(C(=O)CC2=CCCCC2)CCS1(=O)=O. The smallest absolute Gasteiger partial charge is 0.226 e. The first-order valence-corrected chi connectivity index (χ1v) is 8.65. The van der Waals surface area contributed by atoms with E-state index in [-0.39, 0.29) is 11.7 Å². The summed E-state index contributed by atoms with van der Waals surface area (Å²) in [6.45, 7) is 4.09. The Balaban J connectivity index is 1.99. The summed E-state index contributed by atoms with van der Waals surface area (Å²) >= 11 is 0. The molecule has 108 valence electrons. The van der Waals surface area contributed by atoms with E-state index >= 15 is 0 Å². The zero-order valence-electron chi connectivity index (χ0n) is 11.8. The highest BCUT2D eigenvalue weighted by atomic mass is 32.2. The number of rotatable bonds is 2. The van der Waals surface area contributed by atoms with Gasteiger partial charge < -0.3 is 4.90 Å². The molecule has 1 heterocycles. The third kappa shape index (κ3) is 3.19. The number of carbonyl (C=O) groups is 1. The van der Waals surface area contributed by atoms with Gasteiger partial charge in [-0.15, -0.1) is 0 Å². The Bertz CT molecular complexity index is 491. The van der Waals surface area contributed by atoms with Gasteiger partial charge in [-0.1, -0.05) is 11.6 Å². The lowest BCUT2D eigenvalue weighted by Crippen LogP contribution is -2.54. The average molecular weight is 285 g/mol. The molecule has 0 aromatic rings. The van der Waals surface area contributed by atoms with E-state index in [0.717, 1.165) is 12.8 Å². The molecule has 2 rings (SSSR count). The minimum absolute atomic E-state index is 0.0797. The van der Waals surface area contributed by atoms with E-state index in [4.69, 9.17) is 0 Å².